The fourth-order valence-corrected chi connectivity index (χ4v) is 5.08. The summed E-state index contributed by atoms with van der Waals surface area (Å²) < 4.78 is 0. The predicted octanol–water partition coefficient (Wildman–Crippen LogP) is 3.94. The van der Waals surface area contributed by atoms with Gasteiger partial charge in [-0.05, 0) is 60.4 Å². The number of nitrogens with zero attached hydrogens (tertiary/aromatic N) is 2. The van der Waals surface area contributed by atoms with Crippen LogP contribution in [0.1, 0.15) is 21.5 Å². The Labute approximate surface area is 173 Å². The monoisotopic (exact) mass is 401 g/mol. The van der Waals surface area contributed by atoms with Gasteiger partial charge in [0.15, 0.2) is 0 Å². The van der Waals surface area contributed by atoms with Crippen molar-refractivity contribution in [2.24, 2.45) is 0 Å². The third kappa shape index (κ3) is 3.40. The van der Waals surface area contributed by atoms with E-state index in [4.69, 9.17) is 0 Å². The second kappa shape index (κ2) is 7.37. The molecular formula is C23H19N3O2S. The molecule has 1 N–H and O–H groups in total. The molecule has 2 aliphatic heterocycles. The van der Waals surface area contributed by atoms with Crippen LogP contribution >= 0.6 is 11.8 Å². The standard InChI is InChI=1S/C23H19N3O2S/c27-22(21-13-16-4-1-2-6-20(16)29-21)25-18-7-8-19-15(12-18)9-11-26(19)23(28)17-5-3-10-24-14-17/h1-8,10,12,14,21H,9,11,13H2,(H,25,27). The quantitative estimate of drug-likeness (QED) is 0.722. The number of amides is 2. The van der Waals surface area contributed by atoms with Crippen LogP contribution in [0.25, 0.3) is 0 Å². The lowest BCUT2D eigenvalue weighted by Crippen LogP contribution is -2.28. The minimum Gasteiger partial charge on any atom is -0.325 e. The van der Waals surface area contributed by atoms with E-state index < -0.39 is 0 Å². The van der Waals surface area contributed by atoms with Crippen molar-refractivity contribution in [3.8, 4) is 0 Å². The summed E-state index contributed by atoms with van der Waals surface area (Å²) in [5, 5.41) is 2.94. The first-order valence-electron chi connectivity index (χ1n) is 9.59. The maximum absolute atomic E-state index is 12.8. The van der Waals surface area contributed by atoms with Crippen molar-refractivity contribution in [1.82, 2.24) is 4.98 Å². The lowest BCUT2D eigenvalue weighted by molar-refractivity contribution is -0.115. The van der Waals surface area contributed by atoms with E-state index in [0.717, 1.165) is 29.8 Å². The Morgan fingerprint density at radius 3 is 2.79 bits per heavy atom. The molecular weight excluding hydrogens is 382 g/mol. The Hall–Kier alpha value is -3.12. The molecule has 2 aromatic carbocycles. The van der Waals surface area contributed by atoms with Crippen LogP contribution in [0.3, 0.4) is 0 Å². The average Bonchev–Trinajstić information content (AvgIpc) is 3.38. The van der Waals surface area contributed by atoms with Gasteiger partial charge in [-0.3, -0.25) is 14.6 Å². The molecule has 3 aromatic rings. The summed E-state index contributed by atoms with van der Waals surface area (Å²) in [6.45, 7) is 0.633. The van der Waals surface area contributed by atoms with Crippen molar-refractivity contribution in [2.75, 3.05) is 16.8 Å². The Kier molecular flexibility index (Phi) is 4.56. The Morgan fingerprint density at radius 1 is 1.07 bits per heavy atom. The smallest absolute Gasteiger partial charge is 0.259 e. The largest absolute Gasteiger partial charge is 0.325 e. The second-order valence-corrected chi connectivity index (χ2v) is 8.44. The van der Waals surface area contributed by atoms with Gasteiger partial charge in [0.05, 0.1) is 10.8 Å². The first kappa shape index (κ1) is 17.9. The zero-order valence-electron chi connectivity index (χ0n) is 15.7. The maximum Gasteiger partial charge on any atom is 0.259 e. The number of fused-ring (bicyclic) bond motifs is 2. The van der Waals surface area contributed by atoms with Crippen LogP contribution in [0.4, 0.5) is 11.4 Å². The van der Waals surface area contributed by atoms with Gasteiger partial charge in [0.1, 0.15) is 0 Å². The summed E-state index contributed by atoms with van der Waals surface area (Å²) in [6, 6.07) is 17.5. The fourth-order valence-electron chi connectivity index (χ4n) is 3.89. The van der Waals surface area contributed by atoms with Gasteiger partial charge in [-0.2, -0.15) is 0 Å². The van der Waals surface area contributed by atoms with Crippen molar-refractivity contribution >= 4 is 35.0 Å². The number of hydrogen-bond acceptors (Lipinski definition) is 4. The van der Waals surface area contributed by atoms with Gasteiger partial charge >= 0.3 is 0 Å². The highest BCUT2D eigenvalue weighted by Crippen LogP contribution is 2.37. The van der Waals surface area contributed by atoms with Crippen LogP contribution in [0.15, 0.2) is 71.9 Å². The number of thioether (sulfide) groups is 1. The van der Waals surface area contributed by atoms with Gasteiger partial charge in [0.2, 0.25) is 5.91 Å². The number of benzene rings is 2. The SMILES string of the molecule is O=C(Nc1ccc2c(c1)CCN2C(=O)c1cccnc1)C1Cc2ccccc2S1. The number of anilines is 2. The predicted molar refractivity (Wildman–Crippen MR) is 114 cm³/mol. The minimum atomic E-state index is -0.107. The molecule has 5 nitrogen and oxygen atoms in total. The van der Waals surface area contributed by atoms with Gasteiger partial charge in [0.25, 0.3) is 5.91 Å². The molecule has 0 saturated heterocycles. The highest BCUT2D eigenvalue weighted by molar-refractivity contribution is 8.01. The van der Waals surface area contributed by atoms with Crippen LogP contribution in [0.5, 0.6) is 0 Å². The van der Waals surface area contributed by atoms with Crippen LogP contribution in [0, 0.1) is 0 Å². The number of carbonyl (C=O) groups is 2. The summed E-state index contributed by atoms with van der Waals surface area (Å²) >= 11 is 1.62. The van der Waals surface area contributed by atoms with Crippen molar-refractivity contribution in [1.29, 1.82) is 0 Å². The third-order valence-corrected chi connectivity index (χ3v) is 6.65. The number of aromatic nitrogens is 1. The summed E-state index contributed by atoms with van der Waals surface area (Å²) in [7, 11) is 0. The van der Waals surface area contributed by atoms with Gasteiger partial charge in [-0.25, -0.2) is 0 Å². The van der Waals surface area contributed by atoms with E-state index in [1.807, 2.05) is 30.3 Å². The lowest BCUT2D eigenvalue weighted by Gasteiger charge is -2.18. The van der Waals surface area contributed by atoms with Gasteiger partial charge in [-0.15, -0.1) is 11.8 Å². The van der Waals surface area contributed by atoms with Crippen LogP contribution in [0.2, 0.25) is 0 Å². The Bertz CT molecular complexity index is 1080. The molecule has 0 radical (unpaired) electrons. The zero-order valence-corrected chi connectivity index (χ0v) is 16.5. The molecule has 0 fully saturated rings. The molecule has 5 rings (SSSR count). The molecule has 0 spiro atoms. The first-order chi connectivity index (χ1) is 14.2. The Morgan fingerprint density at radius 2 is 1.97 bits per heavy atom. The molecule has 29 heavy (non-hydrogen) atoms. The van der Waals surface area contributed by atoms with Crippen LogP contribution < -0.4 is 10.2 Å². The molecule has 2 aliphatic rings. The van der Waals surface area contributed by atoms with E-state index in [2.05, 4.69) is 22.4 Å². The molecule has 3 heterocycles. The van der Waals surface area contributed by atoms with Crippen molar-refractivity contribution in [3.05, 3.63) is 83.7 Å². The molecule has 1 unspecified atom stereocenters. The topological polar surface area (TPSA) is 62.3 Å². The van der Waals surface area contributed by atoms with Gasteiger partial charge in [-0.1, -0.05) is 18.2 Å². The summed E-state index contributed by atoms with van der Waals surface area (Å²) in [5.74, 6) is -0.0267. The van der Waals surface area contributed by atoms with E-state index in [9.17, 15) is 9.59 Å². The molecule has 6 heteroatoms. The number of carbonyl (C=O) groups excluding carboxylic acids is 2. The molecule has 0 saturated carbocycles. The van der Waals surface area contributed by atoms with Gasteiger partial charge < -0.3 is 10.2 Å². The number of pyridine rings is 1. The molecule has 2 amide bonds. The molecule has 0 aliphatic carbocycles. The molecule has 0 bridgehead atoms. The lowest BCUT2D eigenvalue weighted by atomic mass is 10.1. The fraction of sp³-hybridized carbons (Fsp3) is 0.174. The first-order valence-corrected chi connectivity index (χ1v) is 10.5. The van der Waals surface area contributed by atoms with E-state index >= 15 is 0 Å². The van der Waals surface area contributed by atoms with Crippen LogP contribution in [-0.4, -0.2) is 28.6 Å². The Balaban J connectivity index is 1.29. The molecule has 1 atom stereocenters. The van der Waals surface area contributed by atoms with Crippen molar-refractivity contribution in [2.45, 2.75) is 23.0 Å². The van der Waals surface area contributed by atoms with E-state index in [1.165, 1.54) is 10.5 Å². The highest BCUT2D eigenvalue weighted by Gasteiger charge is 2.29. The number of nitrogens with one attached hydrogen (secondary N) is 1. The highest BCUT2D eigenvalue weighted by atomic mass is 32.2. The summed E-state index contributed by atoms with van der Waals surface area (Å²) in [6.07, 6.45) is 4.77. The van der Waals surface area contributed by atoms with Crippen molar-refractivity contribution in [3.63, 3.8) is 0 Å². The number of hydrogen-bond donors (Lipinski definition) is 1. The average molecular weight is 401 g/mol. The number of rotatable bonds is 3. The summed E-state index contributed by atoms with van der Waals surface area (Å²) in [4.78, 5) is 32.5. The third-order valence-electron chi connectivity index (χ3n) is 5.34. The second-order valence-electron chi connectivity index (χ2n) is 7.20. The normalized spacial score (nSPS) is 17.0. The van der Waals surface area contributed by atoms with E-state index in [-0.39, 0.29) is 17.1 Å². The van der Waals surface area contributed by atoms with Crippen LogP contribution in [-0.2, 0) is 17.6 Å². The maximum atomic E-state index is 12.8. The summed E-state index contributed by atoms with van der Waals surface area (Å²) in [5.41, 5.74) is 4.56. The van der Waals surface area contributed by atoms with E-state index in [0.29, 0.717) is 12.1 Å². The zero-order chi connectivity index (χ0) is 19.8. The molecule has 144 valence electrons. The minimum absolute atomic E-state index is 0.0208. The molecule has 1 aromatic heterocycles. The van der Waals surface area contributed by atoms with Gasteiger partial charge in [0, 0.05) is 35.2 Å². The van der Waals surface area contributed by atoms with Crippen molar-refractivity contribution < 1.29 is 9.59 Å². The van der Waals surface area contributed by atoms with E-state index in [1.54, 1.807) is 41.2 Å².